The Kier molecular flexibility index (Phi) is 6.71. The van der Waals surface area contributed by atoms with Gasteiger partial charge in [0.15, 0.2) is 0 Å². The van der Waals surface area contributed by atoms with Gasteiger partial charge < -0.3 is 10.1 Å². The molecule has 0 unspecified atom stereocenters. The lowest BCUT2D eigenvalue weighted by molar-refractivity contribution is 0.168. The van der Waals surface area contributed by atoms with E-state index < -0.39 is 0 Å². The van der Waals surface area contributed by atoms with E-state index in [1.165, 1.54) is 6.42 Å². The highest BCUT2D eigenvalue weighted by Crippen LogP contribution is 2.38. The summed E-state index contributed by atoms with van der Waals surface area (Å²) in [5, 5.41) is 3.57. The molecule has 1 N–H and O–H groups in total. The largest absolute Gasteiger partial charge is 0.496 e. The number of benzene rings is 4. The normalized spacial score (nSPS) is 13.3. The molecular weight excluding hydrogens is 487 g/mol. The van der Waals surface area contributed by atoms with Crippen molar-refractivity contribution < 1.29 is 9.13 Å². The highest BCUT2D eigenvalue weighted by molar-refractivity contribution is 5.91. The van der Waals surface area contributed by atoms with Crippen LogP contribution in [0.4, 0.5) is 15.8 Å². The molecule has 1 aliphatic rings. The van der Waals surface area contributed by atoms with Crippen molar-refractivity contribution in [2.45, 2.75) is 26.8 Å². The number of hydrogen-bond acceptors (Lipinski definition) is 5. The molecule has 4 aromatic carbocycles. The van der Waals surface area contributed by atoms with Crippen molar-refractivity contribution >= 4 is 22.4 Å². The summed E-state index contributed by atoms with van der Waals surface area (Å²) in [4.78, 5) is 11.2. The molecule has 0 saturated carbocycles. The van der Waals surface area contributed by atoms with Gasteiger partial charge in [-0.2, -0.15) is 0 Å². The van der Waals surface area contributed by atoms with Crippen molar-refractivity contribution in [1.82, 2.24) is 14.9 Å². The fourth-order valence-electron chi connectivity index (χ4n) is 5.41. The maximum atomic E-state index is 15.4. The molecule has 5 aromatic rings. The first-order valence-electron chi connectivity index (χ1n) is 13.3. The SMILES string of the molecule is COc1cc(-c2cccc(-c3cccc(Nc4cccc5nccnc45)c3C)c2C)cc(F)c1CN1CCC1. The van der Waals surface area contributed by atoms with Crippen LogP contribution in [0, 0.1) is 19.7 Å². The van der Waals surface area contributed by atoms with Crippen molar-refractivity contribution in [3.8, 4) is 28.0 Å². The second kappa shape index (κ2) is 10.5. The maximum Gasteiger partial charge on any atom is 0.132 e. The van der Waals surface area contributed by atoms with E-state index in [4.69, 9.17) is 4.74 Å². The number of ether oxygens (including phenoxy) is 1. The molecule has 1 fully saturated rings. The number of likely N-dealkylation sites (tertiary alicyclic amines) is 1. The number of para-hydroxylation sites is 1. The van der Waals surface area contributed by atoms with Crippen LogP contribution in [0.2, 0.25) is 0 Å². The number of rotatable bonds is 7. The number of nitrogens with zero attached hydrogens (tertiary/aromatic N) is 3. The van der Waals surface area contributed by atoms with Gasteiger partial charge in [-0.05, 0) is 97.1 Å². The van der Waals surface area contributed by atoms with E-state index >= 15 is 4.39 Å². The summed E-state index contributed by atoms with van der Waals surface area (Å²) in [7, 11) is 1.62. The van der Waals surface area contributed by atoms with E-state index in [1.807, 2.05) is 36.4 Å². The van der Waals surface area contributed by atoms with Gasteiger partial charge in [-0.3, -0.25) is 14.9 Å². The predicted octanol–water partition coefficient (Wildman–Crippen LogP) is 7.68. The predicted molar refractivity (Wildman–Crippen MR) is 156 cm³/mol. The number of aromatic nitrogens is 2. The Hall–Kier alpha value is -4.29. The summed E-state index contributed by atoms with van der Waals surface area (Å²) in [6, 6.07) is 22.0. The third-order valence-electron chi connectivity index (χ3n) is 7.74. The van der Waals surface area contributed by atoms with E-state index in [9.17, 15) is 0 Å². The molecule has 196 valence electrons. The average Bonchev–Trinajstić information content (AvgIpc) is 2.92. The molecule has 0 amide bonds. The fourth-order valence-corrected chi connectivity index (χ4v) is 5.41. The van der Waals surface area contributed by atoms with Gasteiger partial charge in [-0.1, -0.05) is 36.4 Å². The molecule has 0 spiro atoms. The smallest absolute Gasteiger partial charge is 0.132 e. The summed E-state index contributed by atoms with van der Waals surface area (Å²) in [6.07, 6.45) is 4.58. The molecule has 6 heteroatoms. The monoisotopic (exact) mass is 518 g/mol. The van der Waals surface area contributed by atoms with Crippen molar-refractivity contribution in [2.24, 2.45) is 0 Å². The lowest BCUT2D eigenvalue weighted by atomic mass is 9.90. The Balaban J connectivity index is 1.37. The highest BCUT2D eigenvalue weighted by atomic mass is 19.1. The first kappa shape index (κ1) is 25.0. The lowest BCUT2D eigenvalue weighted by Crippen LogP contribution is -2.36. The molecular formula is C33H31FN4O. The van der Waals surface area contributed by atoms with Crippen molar-refractivity contribution in [1.29, 1.82) is 0 Å². The summed E-state index contributed by atoms with van der Waals surface area (Å²) in [5.74, 6) is 0.379. The van der Waals surface area contributed by atoms with Crippen LogP contribution in [0.5, 0.6) is 5.75 Å². The first-order valence-corrected chi connectivity index (χ1v) is 13.3. The van der Waals surface area contributed by atoms with Gasteiger partial charge in [0.25, 0.3) is 0 Å². The molecule has 2 heterocycles. The van der Waals surface area contributed by atoms with E-state index in [2.05, 4.69) is 58.3 Å². The molecule has 0 atom stereocenters. The second-order valence-corrected chi connectivity index (χ2v) is 10.1. The standard InChI is InChI=1S/C33H31FN4O/c1-21-24(23-18-28(34)27(32(19-23)39-3)20-38-16-7-17-38)8-4-9-25(21)26-10-5-11-29(22(26)2)37-31-13-6-12-30-33(31)36-15-14-35-30/h4-6,8-15,18-19,37H,7,16-17,20H2,1-3H3. The number of nitrogens with one attached hydrogen (secondary N) is 1. The summed E-state index contributed by atoms with van der Waals surface area (Å²) < 4.78 is 21.0. The van der Waals surface area contributed by atoms with Crippen molar-refractivity contribution in [3.63, 3.8) is 0 Å². The number of hydrogen-bond donors (Lipinski definition) is 1. The van der Waals surface area contributed by atoms with Gasteiger partial charge in [0.1, 0.15) is 17.1 Å². The Bertz CT molecular complexity index is 1670. The molecule has 0 radical (unpaired) electrons. The zero-order valence-corrected chi connectivity index (χ0v) is 22.5. The molecule has 39 heavy (non-hydrogen) atoms. The molecule has 0 bridgehead atoms. The number of anilines is 2. The van der Waals surface area contributed by atoms with Gasteiger partial charge >= 0.3 is 0 Å². The van der Waals surface area contributed by atoms with E-state index in [-0.39, 0.29) is 5.82 Å². The quantitative estimate of drug-likeness (QED) is 0.239. The summed E-state index contributed by atoms with van der Waals surface area (Å²) in [5.41, 5.74) is 10.4. The number of fused-ring (bicyclic) bond motifs is 1. The molecule has 6 rings (SSSR count). The first-order chi connectivity index (χ1) is 19.0. The minimum absolute atomic E-state index is 0.221. The Labute approximate surface area is 228 Å². The third kappa shape index (κ3) is 4.72. The topological polar surface area (TPSA) is 50.3 Å². The van der Waals surface area contributed by atoms with Crippen LogP contribution >= 0.6 is 0 Å². The van der Waals surface area contributed by atoms with Crippen molar-refractivity contribution in [2.75, 3.05) is 25.5 Å². The van der Waals surface area contributed by atoms with Crippen LogP contribution in [-0.2, 0) is 6.54 Å². The molecule has 1 saturated heterocycles. The van der Waals surface area contributed by atoms with Gasteiger partial charge in [0, 0.05) is 30.2 Å². The van der Waals surface area contributed by atoms with Crippen LogP contribution in [0.15, 0.2) is 79.1 Å². The Morgan fingerprint density at radius 2 is 1.54 bits per heavy atom. The lowest BCUT2D eigenvalue weighted by Gasteiger charge is -2.31. The second-order valence-electron chi connectivity index (χ2n) is 10.1. The third-order valence-corrected chi connectivity index (χ3v) is 7.74. The zero-order chi connectivity index (χ0) is 26.9. The van der Waals surface area contributed by atoms with Gasteiger partial charge in [0.2, 0.25) is 0 Å². The molecule has 0 aliphatic carbocycles. The van der Waals surface area contributed by atoms with Gasteiger partial charge in [0.05, 0.1) is 18.3 Å². The maximum absolute atomic E-state index is 15.4. The van der Waals surface area contributed by atoms with Crippen LogP contribution in [0.3, 0.4) is 0 Å². The number of methoxy groups -OCH3 is 1. The molecule has 5 nitrogen and oxygen atoms in total. The van der Waals surface area contributed by atoms with Crippen LogP contribution in [-0.4, -0.2) is 35.1 Å². The average molecular weight is 519 g/mol. The van der Waals surface area contributed by atoms with E-state index in [1.54, 1.807) is 25.6 Å². The Morgan fingerprint density at radius 1 is 0.846 bits per heavy atom. The van der Waals surface area contributed by atoms with Crippen LogP contribution < -0.4 is 10.1 Å². The number of halogens is 1. The van der Waals surface area contributed by atoms with Crippen LogP contribution in [0.1, 0.15) is 23.1 Å². The van der Waals surface area contributed by atoms with Gasteiger partial charge in [-0.25, -0.2) is 4.39 Å². The van der Waals surface area contributed by atoms with E-state index in [0.29, 0.717) is 17.9 Å². The molecule has 1 aliphatic heterocycles. The summed E-state index contributed by atoms with van der Waals surface area (Å²) in [6.45, 7) is 6.81. The zero-order valence-electron chi connectivity index (χ0n) is 22.5. The minimum Gasteiger partial charge on any atom is -0.496 e. The highest BCUT2D eigenvalue weighted by Gasteiger charge is 2.21. The summed E-state index contributed by atoms with van der Waals surface area (Å²) >= 11 is 0. The van der Waals surface area contributed by atoms with E-state index in [0.717, 1.165) is 68.9 Å². The van der Waals surface area contributed by atoms with Crippen LogP contribution in [0.25, 0.3) is 33.3 Å². The Morgan fingerprint density at radius 3 is 2.31 bits per heavy atom. The fraction of sp³-hybridized carbons (Fsp3) is 0.212. The van der Waals surface area contributed by atoms with Gasteiger partial charge in [-0.15, -0.1) is 0 Å². The van der Waals surface area contributed by atoms with Crippen molar-refractivity contribution in [3.05, 3.63) is 102 Å². The molecule has 1 aromatic heterocycles. The minimum atomic E-state index is -0.221.